The van der Waals surface area contributed by atoms with Gasteiger partial charge in [0.2, 0.25) is 0 Å². The van der Waals surface area contributed by atoms with E-state index < -0.39 is 0 Å². The molecule has 3 nitrogen and oxygen atoms in total. The van der Waals surface area contributed by atoms with Gasteiger partial charge in [-0.2, -0.15) is 0 Å². The van der Waals surface area contributed by atoms with Crippen LogP contribution >= 0.6 is 0 Å². The van der Waals surface area contributed by atoms with Crippen molar-refractivity contribution in [3.8, 4) is 11.4 Å². The number of nitrogens with two attached hydrogens (primary N) is 1. The molecule has 0 radical (unpaired) electrons. The number of hydrogen-bond acceptors (Lipinski definition) is 3. The second kappa shape index (κ2) is 5.05. The van der Waals surface area contributed by atoms with Gasteiger partial charge < -0.3 is 5.73 Å². The largest absolute Gasteiger partial charge is 0.330 e. The van der Waals surface area contributed by atoms with E-state index >= 15 is 0 Å². The fourth-order valence-corrected chi connectivity index (χ4v) is 2.55. The monoisotopic (exact) mass is 257 g/mol. The lowest BCUT2D eigenvalue weighted by atomic mass is 9.87. The Labute approximate surface area is 111 Å². The smallest absolute Gasteiger partial charge is 0.159 e. The Morgan fingerprint density at radius 2 is 2.26 bits per heavy atom. The zero-order valence-electron chi connectivity index (χ0n) is 10.6. The van der Waals surface area contributed by atoms with Gasteiger partial charge in [-0.3, -0.25) is 0 Å². The van der Waals surface area contributed by atoms with E-state index in [-0.39, 0.29) is 5.82 Å². The van der Waals surface area contributed by atoms with E-state index in [4.69, 9.17) is 5.73 Å². The third-order valence-electron chi connectivity index (χ3n) is 3.67. The third-order valence-corrected chi connectivity index (χ3v) is 3.67. The molecule has 0 aliphatic heterocycles. The maximum absolute atomic E-state index is 13.2. The van der Waals surface area contributed by atoms with Crippen molar-refractivity contribution in [1.82, 2.24) is 9.97 Å². The van der Waals surface area contributed by atoms with Crippen LogP contribution in [0, 0.1) is 11.7 Å². The maximum atomic E-state index is 13.2. The molecule has 1 aromatic carbocycles. The van der Waals surface area contributed by atoms with Gasteiger partial charge in [-0.25, -0.2) is 14.4 Å². The molecule has 1 aliphatic rings. The summed E-state index contributed by atoms with van der Waals surface area (Å²) in [5.41, 5.74) is 8.71. The first-order valence-electron chi connectivity index (χ1n) is 6.57. The highest BCUT2D eigenvalue weighted by Gasteiger charge is 2.19. The van der Waals surface area contributed by atoms with Gasteiger partial charge in [-0.05, 0) is 49.4 Å². The molecule has 0 saturated carbocycles. The second-order valence-corrected chi connectivity index (χ2v) is 5.02. The van der Waals surface area contributed by atoms with Crippen LogP contribution in [-0.4, -0.2) is 16.5 Å². The lowest BCUT2D eigenvalue weighted by Crippen LogP contribution is -2.23. The Morgan fingerprint density at radius 3 is 3.05 bits per heavy atom. The normalized spacial score (nSPS) is 18.1. The average molecular weight is 257 g/mol. The Hall–Kier alpha value is -1.81. The van der Waals surface area contributed by atoms with Crippen molar-refractivity contribution in [3.63, 3.8) is 0 Å². The summed E-state index contributed by atoms with van der Waals surface area (Å²) in [7, 11) is 0. The molecule has 19 heavy (non-hydrogen) atoms. The molecule has 0 fully saturated rings. The predicted octanol–water partition coefficient (Wildman–Crippen LogP) is 2.35. The van der Waals surface area contributed by atoms with E-state index in [0.29, 0.717) is 18.3 Å². The molecule has 1 aliphatic carbocycles. The number of fused-ring (bicyclic) bond motifs is 1. The minimum absolute atomic E-state index is 0.262. The summed E-state index contributed by atoms with van der Waals surface area (Å²) in [6, 6.07) is 6.40. The molecule has 0 bridgehead atoms. The lowest BCUT2D eigenvalue weighted by molar-refractivity contribution is 0.462. The topological polar surface area (TPSA) is 51.8 Å². The van der Waals surface area contributed by atoms with Crippen LogP contribution in [0.5, 0.6) is 0 Å². The molecule has 2 N–H and O–H groups in total. The van der Waals surface area contributed by atoms with Crippen LogP contribution in [0.4, 0.5) is 4.39 Å². The van der Waals surface area contributed by atoms with E-state index in [1.54, 1.807) is 6.07 Å². The first-order valence-corrected chi connectivity index (χ1v) is 6.57. The third kappa shape index (κ3) is 2.49. The molecule has 1 aromatic heterocycles. The molecule has 4 heteroatoms. The van der Waals surface area contributed by atoms with Crippen molar-refractivity contribution in [2.24, 2.45) is 11.7 Å². The first kappa shape index (κ1) is 12.2. The Morgan fingerprint density at radius 1 is 1.37 bits per heavy atom. The number of aryl methyl sites for hydroxylation is 1. The van der Waals surface area contributed by atoms with Crippen LogP contribution in [0.15, 0.2) is 30.5 Å². The highest BCUT2D eigenvalue weighted by molar-refractivity contribution is 5.55. The molecular weight excluding hydrogens is 241 g/mol. The zero-order valence-corrected chi connectivity index (χ0v) is 10.6. The minimum atomic E-state index is -0.262. The van der Waals surface area contributed by atoms with E-state index in [0.717, 1.165) is 30.5 Å². The van der Waals surface area contributed by atoms with Crippen molar-refractivity contribution in [1.29, 1.82) is 0 Å². The minimum Gasteiger partial charge on any atom is -0.330 e. The van der Waals surface area contributed by atoms with Crippen LogP contribution in [0.25, 0.3) is 11.4 Å². The van der Waals surface area contributed by atoms with Crippen LogP contribution in [0.2, 0.25) is 0 Å². The van der Waals surface area contributed by atoms with Crippen LogP contribution in [0.1, 0.15) is 17.7 Å². The Kier molecular flexibility index (Phi) is 3.25. The van der Waals surface area contributed by atoms with Gasteiger partial charge in [0.25, 0.3) is 0 Å². The highest BCUT2D eigenvalue weighted by Crippen LogP contribution is 2.25. The summed E-state index contributed by atoms with van der Waals surface area (Å²) in [5.74, 6) is 0.877. The molecule has 98 valence electrons. The van der Waals surface area contributed by atoms with Crippen LogP contribution in [0.3, 0.4) is 0 Å². The molecule has 0 saturated heterocycles. The number of nitrogens with zero attached hydrogens (tertiary/aromatic N) is 2. The predicted molar refractivity (Wildman–Crippen MR) is 72.0 cm³/mol. The molecule has 0 spiro atoms. The number of halogens is 1. The summed E-state index contributed by atoms with van der Waals surface area (Å²) in [5, 5.41) is 0. The van der Waals surface area contributed by atoms with Crippen molar-refractivity contribution in [2.45, 2.75) is 19.3 Å². The number of benzene rings is 1. The van der Waals surface area contributed by atoms with Crippen LogP contribution < -0.4 is 5.73 Å². The van der Waals surface area contributed by atoms with Gasteiger partial charge in [-0.15, -0.1) is 0 Å². The number of rotatable bonds is 2. The Bertz CT molecular complexity index is 598. The highest BCUT2D eigenvalue weighted by atomic mass is 19.1. The van der Waals surface area contributed by atoms with Crippen molar-refractivity contribution < 1.29 is 4.39 Å². The zero-order chi connectivity index (χ0) is 13.2. The summed E-state index contributed by atoms with van der Waals surface area (Å²) < 4.78 is 13.2. The fraction of sp³-hybridized carbons (Fsp3) is 0.333. The van der Waals surface area contributed by atoms with Gasteiger partial charge >= 0.3 is 0 Å². The summed E-state index contributed by atoms with van der Waals surface area (Å²) >= 11 is 0. The number of aromatic nitrogens is 2. The maximum Gasteiger partial charge on any atom is 0.159 e. The first-order chi connectivity index (χ1) is 9.26. The second-order valence-electron chi connectivity index (χ2n) is 5.02. The summed E-state index contributed by atoms with van der Waals surface area (Å²) in [6.07, 6.45) is 4.82. The van der Waals surface area contributed by atoms with Crippen molar-refractivity contribution in [3.05, 3.63) is 47.5 Å². The molecule has 0 amide bonds. The van der Waals surface area contributed by atoms with Gasteiger partial charge in [-0.1, -0.05) is 12.1 Å². The molecule has 3 rings (SSSR count). The van der Waals surface area contributed by atoms with Gasteiger partial charge in [0.05, 0.1) is 0 Å². The van der Waals surface area contributed by atoms with E-state index in [2.05, 4.69) is 9.97 Å². The van der Waals surface area contributed by atoms with Gasteiger partial charge in [0.15, 0.2) is 5.82 Å². The fourth-order valence-electron chi connectivity index (χ4n) is 2.55. The Balaban J connectivity index is 1.94. The molecular formula is C15H16FN3. The van der Waals surface area contributed by atoms with E-state index in [9.17, 15) is 4.39 Å². The van der Waals surface area contributed by atoms with Crippen molar-refractivity contribution >= 4 is 0 Å². The lowest BCUT2D eigenvalue weighted by Gasteiger charge is -2.22. The molecule has 1 heterocycles. The summed E-state index contributed by atoms with van der Waals surface area (Å²) in [4.78, 5) is 8.93. The van der Waals surface area contributed by atoms with Crippen molar-refractivity contribution in [2.75, 3.05) is 6.54 Å². The van der Waals surface area contributed by atoms with Crippen LogP contribution in [-0.2, 0) is 12.8 Å². The molecule has 1 unspecified atom stereocenters. The molecule has 1 atom stereocenters. The van der Waals surface area contributed by atoms with E-state index in [1.165, 1.54) is 17.7 Å². The average Bonchev–Trinajstić information content (AvgIpc) is 2.46. The standard InChI is InChI=1S/C15H16FN3/c16-13-3-1-2-11(7-13)15-18-9-12-6-10(8-17)4-5-14(12)19-15/h1-3,7,9-10H,4-6,8,17H2. The van der Waals surface area contributed by atoms with E-state index in [1.807, 2.05) is 12.3 Å². The van der Waals surface area contributed by atoms with Gasteiger partial charge in [0, 0.05) is 17.5 Å². The quantitative estimate of drug-likeness (QED) is 0.898. The number of hydrogen-bond donors (Lipinski definition) is 1. The summed E-state index contributed by atoms with van der Waals surface area (Å²) in [6.45, 7) is 0.713. The SMILES string of the molecule is NCC1CCc2nc(-c3cccc(F)c3)ncc2C1. The van der Waals surface area contributed by atoms with Gasteiger partial charge in [0.1, 0.15) is 5.82 Å². The molecule has 2 aromatic rings.